The third kappa shape index (κ3) is 5.14. The van der Waals surface area contributed by atoms with Gasteiger partial charge in [-0.05, 0) is 37.0 Å². The van der Waals surface area contributed by atoms with Crippen LogP contribution in [0.25, 0.3) is 0 Å². The van der Waals surface area contributed by atoms with Crippen LogP contribution in [-0.2, 0) is 6.42 Å². The summed E-state index contributed by atoms with van der Waals surface area (Å²) in [5, 5.41) is 10.0. The number of rotatable bonds is 8. The van der Waals surface area contributed by atoms with Crippen LogP contribution in [0.15, 0.2) is 54.7 Å². The lowest BCUT2D eigenvalue weighted by Gasteiger charge is -2.10. The number of aromatic nitrogens is 1. The number of hydrogen-bond acceptors (Lipinski definition) is 2. The van der Waals surface area contributed by atoms with Gasteiger partial charge in [0.25, 0.3) is 0 Å². The Morgan fingerprint density at radius 1 is 0.850 bits per heavy atom. The number of aryl methyl sites for hydroxylation is 1. The molecule has 20 heavy (non-hydrogen) atoms. The molecule has 2 nitrogen and oxygen atoms in total. The molecule has 2 aromatic rings. The van der Waals surface area contributed by atoms with E-state index >= 15 is 0 Å². The minimum Gasteiger partial charge on any atom is -0.388 e. The van der Waals surface area contributed by atoms with Gasteiger partial charge in [0.1, 0.15) is 0 Å². The number of pyridine rings is 1. The van der Waals surface area contributed by atoms with Crippen LogP contribution in [0.4, 0.5) is 0 Å². The van der Waals surface area contributed by atoms with Gasteiger partial charge in [0.15, 0.2) is 0 Å². The molecule has 1 atom stereocenters. The van der Waals surface area contributed by atoms with Gasteiger partial charge in [-0.3, -0.25) is 4.98 Å². The standard InChI is InChI=1S/C18H23NO/c20-18(16-10-4-3-5-11-16)14-7-2-1-6-12-17-13-8-9-15-19-17/h3-5,8-11,13,15,18,20H,1-2,6-7,12,14H2. The highest BCUT2D eigenvalue weighted by Crippen LogP contribution is 2.19. The zero-order valence-electron chi connectivity index (χ0n) is 11.9. The number of nitrogens with zero attached hydrogens (tertiary/aromatic N) is 1. The summed E-state index contributed by atoms with van der Waals surface area (Å²) in [7, 11) is 0. The molecular weight excluding hydrogens is 246 g/mol. The summed E-state index contributed by atoms with van der Waals surface area (Å²) in [6.07, 6.45) is 8.10. The minimum atomic E-state index is -0.313. The Kier molecular flexibility index (Phi) is 6.25. The molecule has 2 rings (SSSR count). The van der Waals surface area contributed by atoms with Crippen LogP contribution in [-0.4, -0.2) is 10.1 Å². The van der Waals surface area contributed by atoms with E-state index in [2.05, 4.69) is 11.1 Å². The second kappa shape index (κ2) is 8.49. The third-order valence-corrected chi connectivity index (χ3v) is 3.57. The molecule has 0 bridgehead atoms. The SMILES string of the molecule is OC(CCCCCCc1ccccn1)c1ccccc1. The molecule has 0 amide bonds. The number of benzene rings is 1. The highest BCUT2D eigenvalue weighted by molar-refractivity contribution is 5.17. The van der Waals surface area contributed by atoms with Gasteiger partial charge in [0, 0.05) is 11.9 Å². The molecule has 1 unspecified atom stereocenters. The van der Waals surface area contributed by atoms with Gasteiger partial charge in [-0.1, -0.05) is 55.7 Å². The first-order valence-corrected chi connectivity index (χ1v) is 7.49. The fourth-order valence-corrected chi connectivity index (χ4v) is 2.39. The van der Waals surface area contributed by atoms with Crippen LogP contribution in [0.1, 0.15) is 49.5 Å². The van der Waals surface area contributed by atoms with Crippen molar-refractivity contribution < 1.29 is 5.11 Å². The number of hydrogen-bond donors (Lipinski definition) is 1. The van der Waals surface area contributed by atoms with E-state index < -0.39 is 0 Å². The first-order chi connectivity index (χ1) is 9.86. The minimum absolute atomic E-state index is 0.313. The summed E-state index contributed by atoms with van der Waals surface area (Å²) in [4.78, 5) is 4.32. The average molecular weight is 269 g/mol. The first kappa shape index (κ1) is 14.7. The lowest BCUT2D eigenvalue weighted by atomic mass is 10.0. The molecule has 0 saturated heterocycles. The third-order valence-electron chi connectivity index (χ3n) is 3.57. The molecule has 0 aliphatic rings. The van der Waals surface area contributed by atoms with E-state index in [1.165, 1.54) is 25.0 Å². The Morgan fingerprint density at radius 2 is 1.60 bits per heavy atom. The van der Waals surface area contributed by atoms with E-state index in [4.69, 9.17) is 0 Å². The van der Waals surface area contributed by atoms with E-state index in [0.29, 0.717) is 0 Å². The molecule has 0 aliphatic heterocycles. The predicted octanol–water partition coefficient (Wildman–Crippen LogP) is 4.31. The van der Waals surface area contributed by atoms with E-state index in [1.54, 1.807) is 0 Å². The topological polar surface area (TPSA) is 33.1 Å². The van der Waals surface area contributed by atoms with Crippen molar-refractivity contribution >= 4 is 0 Å². The second-order valence-corrected chi connectivity index (χ2v) is 5.20. The molecule has 106 valence electrons. The highest BCUT2D eigenvalue weighted by atomic mass is 16.3. The fourth-order valence-electron chi connectivity index (χ4n) is 2.39. The van der Waals surface area contributed by atoms with E-state index in [0.717, 1.165) is 24.8 Å². The zero-order chi connectivity index (χ0) is 14.0. The van der Waals surface area contributed by atoms with Crippen LogP contribution < -0.4 is 0 Å². The fraction of sp³-hybridized carbons (Fsp3) is 0.389. The van der Waals surface area contributed by atoms with Crippen LogP contribution in [0.3, 0.4) is 0 Å². The van der Waals surface area contributed by atoms with Crippen molar-refractivity contribution in [1.82, 2.24) is 4.98 Å². The Hall–Kier alpha value is -1.67. The molecule has 0 aliphatic carbocycles. The van der Waals surface area contributed by atoms with Crippen molar-refractivity contribution in [2.45, 2.75) is 44.6 Å². The van der Waals surface area contributed by atoms with Gasteiger partial charge in [0.2, 0.25) is 0 Å². The van der Waals surface area contributed by atoms with Crippen molar-refractivity contribution in [3.8, 4) is 0 Å². The average Bonchev–Trinajstić information content (AvgIpc) is 2.52. The normalized spacial score (nSPS) is 12.2. The Labute approximate surface area is 121 Å². The maximum Gasteiger partial charge on any atom is 0.0790 e. The van der Waals surface area contributed by atoms with E-state index in [-0.39, 0.29) is 6.10 Å². The first-order valence-electron chi connectivity index (χ1n) is 7.49. The van der Waals surface area contributed by atoms with Crippen LogP contribution >= 0.6 is 0 Å². The molecule has 1 aromatic heterocycles. The molecule has 0 fully saturated rings. The summed E-state index contributed by atoms with van der Waals surface area (Å²) in [6, 6.07) is 16.0. The lowest BCUT2D eigenvalue weighted by molar-refractivity contribution is 0.163. The maximum atomic E-state index is 10.0. The Morgan fingerprint density at radius 3 is 2.35 bits per heavy atom. The van der Waals surface area contributed by atoms with Crippen molar-refractivity contribution in [3.05, 3.63) is 66.0 Å². The summed E-state index contributed by atoms with van der Waals surface area (Å²) in [5.41, 5.74) is 2.21. The molecule has 0 radical (unpaired) electrons. The number of unbranched alkanes of at least 4 members (excludes halogenated alkanes) is 3. The van der Waals surface area contributed by atoms with Crippen LogP contribution in [0.5, 0.6) is 0 Å². The highest BCUT2D eigenvalue weighted by Gasteiger charge is 2.05. The lowest BCUT2D eigenvalue weighted by Crippen LogP contribution is -1.97. The predicted molar refractivity (Wildman–Crippen MR) is 82.4 cm³/mol. The molecular formula is C18H23NO. The Bertz CT molecular complexity index is 469. The maximum absolute atomic E-state index is 10.0. The molecule has 2 heteroatoms. The molecule has 0 spiro atoms. The summed E-state index contributed by atoms with van der Waals surface area (Å²) >= 11 is 0. The van der Waals surface area contributed by atoms with Crippen molar-refractivity contribution in [1.29, 1.82) is 0 Å². The van der Waals surface area contributed by atoms with Gasteiger partial charge in [-0.15, -0.1) is 0 Å². The zero-order valence-corrected chi connectivity index (χ0v) is 11.9. The van der Waals surface area contributed by atoms with Crippen LogP contribution in [0.2, 0.25) is 0 Å². The number of aliphatic hydroxyl groups is 1. The van der Waals surface area contributed by atoms with E-state index in [1.807, 2.05) is 48.7 Å². The monoisotopic (exact) mass is 269 g/mol. The van der Waals surface area contributed by atoms with Crippen LogP contribution in [0, 0.1) is 0 Å². The van der Waals surface area contributed by atoms with Gasteiger partial charge in [-0.2, -0.15) is 0 Å². The molecule has 1 N–H and O–H groups in total. The quantitative estimate of drug-likeness (QED) is 0.724. The van der Waals surface area contributed by atoms with Crippen molar-refractivity contribution in [2.24, 2.45) is 0 Å². The van der Waals surface area contributed by atoms with Crippen molar-refractivity contribution in [3.63, 3.8) is 0 Å². The van der Waals surface area contributed by atoms with Crippen molar-refractivity contribution in [2.75, 3.05) is 0 Å². The van der Waals surface area contributed by atoms with Gasteiger partial charge in [0.05, 0.1) is 6.10 Å². The largest absolute Gasteiger partial charge is 0.388 e. The summed E-state index contributed by atoms with van der Waals surface area (Å²) in [6.45, 7) is 0. The smallest absolute Gasteiger partial charge is 0.0790 e. The summed E-state index contributed by atoms with van der Waals surface area (Å²) in [5.74, 6) is 0. The van der Waals surface area contributed by atoms with Gasteiger partial charge < -0.3 is 5.11 Å². The summed E-state index contributed by atoms with van der Waals surface area (Å²) < 4.78 is 0. The molecule has 1 heterocycles. The van der Waals surface area contributed by atoms with Gasteiger partial charge in [-0.25, -0.2) is 0 Å². The number of aliphatic hydroxyl groups excluding tert-OH is 1. The Balaban J connectivity index is 1.56. The van der Waals surface area contributed by atoms with Gasteiger partial charge >= 0.3 is 0 Å². The second-order valence-electron chi connectivity index (χ2n) is 5.20. The molecule has 0 saturated carbocycles. The molecule has 1 aromatic carbocycles. The van der Waals surface area contributed by atoms with E-state index in [9.17, 15) is 5.11 Å².